The SMILES string of the molecule is Cc1cc(N)cc([C@@H]2CN(C(=O)c3c(C)oc4c3CCCC4)CCO2)n1. The highest BCUT2D eigenvalue weighted by atomic mass is 16.5. The van der Waals surface area contributed by atoms with Crippen LogP contribution in [0.15, 0.2) is 16.5 Å². The molecule has 1 fully saturated rings. The summed E-state index contributed by atoms with van der Waals surface area (Å²) in [5, 5.41) is 0. The lowest BCUT2D eigenvalue weighted by Gasteiger charge is -2.33. The lowest BCUT2D eigenvalue weighted by molar-refractivity contribution is -0.0248. The fraction of sp³-hybridized carbons (Fsp3) is 0.500. The van der Waals surface area contributed by atoms with E-state index in [1.165, 1.54) is 0 Å². The first-order valence-corrected chi connectivity index (χ1v) is 9.29. The van der Waals surface area contributed by atoms with E-state index in [4.69, 9.17) is 14.9 Å². The number of nitrogens with zero attached hydrogens (tertiary/aromatic N) is 2. The molecule has 1 aliphatic carbocycles. The van der Waals surface area contributed by atoms with Crippen molar-refractivity contribution in [2.75, 3.05) is 25.4 Å². The summed E-state index contributed by atoms with van der Waals surface area (Å²) in [6.07, 6.45) is 3.86. The number of carbonyl (C=O) groups excluding carboxylic acids is 1. The number of morpholine rings is 1. The number of furan rings is 1. The topological polar surface area (TPSA) is 81.6 Å². The Kier molecular flexibility index (Phi) is 4.44. The predicted octanol–water partition coefficient (Wildman–Crippen LogP) is 2.97. The Morgan fingerprint density at radius 3 is 2.88 bits per heavy atom. The van der Waals surface area contributed by atoms with E-state index < -0.39 is 0 Å². The van der Waals surface area contributed by atoms with Gasteiger partial charge in [-0.2, -0.15) is 0 Å². The summed E-state index contributed by atoms with van der Waals surface area (Å²) in [7, 11) is 0. The van der Waals surface area contributed by atoms with Crippen molar-refractivity contribution < 1.29 is 13.9 Å². The third-order valence-corrected chi connectivity index (χ3v) is 5.24. The molecule has 2 aliphatic rings. The van der Waals surface area contributed by atoms with Crippen LogP contribution in [-0.4, -0.2) is 35.5 Å². The smallest absolute Gasteiger partial charge is 0.257 e. The Morgan fingerprint density at radius 1 is 1.27 bits per heavy atom. The normalized spacial score (nSPS) is 20.1. The molecule has 1 saturated heterocycles. The van der Waals surface area contributed by atoms with Crippen LogP contribution in [0.1, 0.15) is 57.8 Å². The van der Waals surface area contributed by atoms with Crippen LogP contribution in [0.25, 0.3) is 0 Å². The van der Waals surface area contributed by atoms with Crippen molar-refractivity contribution in [3.63, 3.8) is 0 Å². The van der Waals surface area contributed by atoms with Gasteiger partial charge in [0, 0.05) is 29.9 Å². The maximum atomic E-state index is 13.2. The van der Waals surface area contributed by atoms with E-state index in [9.17, 15) is 4.79 Å². The van der Waals surface area contributed by atoms with Crippen molar-refractivity contribution in [1.82, 2.24) is 9.88 Å². The number of hydrogen-bond donors (Lipinski definition) is 1. The molecule has 0 aromatic carbocycles. The summed E-state index contributed by atoms with van der Waals surface area (Å²) in [6.45, 7) is 5.36. The summed E-state index contributed by atoms with van der Waals surface area (Å²) in [5.74, 6) is 1.78. The predicted molar refractivity (Wildman–Crippen MR) is 98.1 cm³/mol. The number of hydrogen-bond acceptors (Lipinski definition) is 5. The lowest BCUT2D eigenvalue weighted by Crippen LogP contribution is -2.43. The van der Waals surface area contributed by atoms with E-state index in [-0.39, 0.29) is 12.0 Å². The average Bonchev–Trinajstić information content (AvgIpc) is 2.96. The molecule has 3 heterocycles. The summed E-state index contributed by atoms with van der Waals surface area (Å²) >= 11 is 0. The fourth-order valence-electron chi connectivity index (χ4n) is 4.04. The van der Waals surface area contributed by atoms with E-state index in [0.29, 0.717) is 25.4 Å². The molecule has 0 radical (unpaired) electrons. The van der Waals surface area contributed by atoms with Crippen LogP contribution in [0.5, 0.6) is 0 Å². The second-order valence-corrected chi connectivity index (χ2v) is 7.22. The second-order valence-electron chi connectivity index (χ2n) is 7.22. The number of nitrogens with two attached hydrogens (primary N) is 1. The zero-order chi connectivity index (χ0) is 18.3. The molecule has 4 rings (SSSR count). The molecule has 2 aromatic heterocycles. The second kappa shape index (κ2) is 6.76. The minimum absolute atomic E-state index is 0.0447. The van der Waals surface area contributed by atoms with Crippen molar-refractivity contribution >= 4 is 11.6 Å². The van der Waals surface area contributed by atoms with E-state index in [2.05, 4.69) is 4.98 Å². The Balaban J connectivity index is 1.58. The number of anilines is 1. The highest BCUT2D eigenvalue weighted by Gasteiger charge is 2.32. The number of fused-ring (bicyclic) bond motifs is 1. The van der Waals surface area contributed by atoms with Gasteiger partial charge in [0.1, 0.15) is 17.6 Å². The van der Waals surface area contributed by atoms with E-state index in [1.54, 1.807) is 0 Å². The highest BCUT2D eigenvalue weighted by Crippen LogP contribution is 2.32. The van der Waals surface area contributed by atoms with Crippen LogP contribution in [-0.2, 0) is 17.6 Å². The molecule has 6 heteroatoms. The van der Waals surface area contributed by atoms with Gasteiger partial charge in [0.2, 0.25) is 0 Å². The number of aromatic nitrogens is 1. The van der Waals surface area contributed by atoms with Gasteiger partial charge < -0.3 is 19.8 Å². The number of rotatable bonds is 2. The molecule has 1 aliphatic heterocycles. The first kappa shape index (κ1) is 17.1. The van der Waals surface area contributed by atoms with Gasteiger partial charge in [0.25, 0.3) is 5.91 Å². The molecule has 138 valence electrons. The summed E-state index contributed by atoms with van der Waals surface area (Å²) in [6, 6.07) is 3.66. The molecule has 0 bridgehead atoms. The standard InChI is InChI=1S/C20H25N3O3/c1-12-9-14(21)10-16(22-12)18-11-23(7-8-25-18)20(24)19-13(2)26-17-6-4-3-5-15(17)19/h9-10,18H,3-8,11H2,1-2H3,(H2,21,22)/t18-/m0/s1. The Bertz CT molecular complexity index is 823. The van der Waals surface area contributed by atoms with Crippen molar-refractivity contribution in [1.29, 1.82) is 0 Å². The molecule has 2 aromatic rings. The Hall–Kier alpha value is -2.34. The Morgan fingerprint density at radius 2 is 2.08 bits per heavy atom. The molecule has 0 spiro atoms. The van der Waals surface area contributed by atoms with E-state index >= 15 is 0 Å². The first-order chi connectivity index (χ1) is 12.5. The molecule has 1 atom stereocenters. The van der Waals surface area contributed by atoms with Crippen molar-refractivity contribution in [3.05, 3.63) is 46.2 Å². The van der Waals surface area contributed by atoms with Crippen molar-refractivity contribution in [3.8, 4) is 0 Å². The minimum Gasteiger partial charge on any atom is -0.465 e. The van der Waals surface area contributed by atoms with Crippen LogP contribution in [0.3, 0.4) is 0 Å². The molecule has 2 N–H and O–H groups in total. The maximum absolute atomic E-state index is 13.2. The van der Waals surface area contributed by atoms with Gasteiger partial charge in [0.15, 0.2) is 0 Å². The van der Waals surface area contributed by atoms with E-state index in [0.717, 1.165) is 59.7 Å². The molecular formula is C20H25N3O3. The van der Waals surface area contributed by atoms with Gasteiger partial charge in [-0.25, -0.2) is 0 Å². The molecule has 0 unspecified atom stereocenters. The number of pyridine rings is 1. The number of ether oxygens (including phenoxy) is 1. The number of aryl methyl sites for hydroxylation is 3. The maximum Gasteiger partial charge on any atom is 0.257 e. The van der Waals surface area contributed by atoms with Crippen LogP contribution < -0.4 is 5.73 Å². The molecule has 1 amide bonds. The average molecular weight is 355 g/mol. The van der Waals surface area contributed by atoms with Crippen LogP contribution in [0.4, 0.5) is 5.69 Å². The third-order valence-electron chi connectivity index (χ3n) is 5.24. The van der Waals surface area contributed by atoms with Crippen LogP contribution >= 0.6 is 0 Å². The third kappa shape index (κ3) is 3.09. The Labute approximate surface area is 153 Å². The summed E-state index contributed by atoms with van der Waals surface area (Å²) in [5.41, 5.74) is 10.1. The quantitative estimate of drug-likeness (QED) is 0.896. The van der Waals surface area contributed by atoms with Gasteiger partial charge >= 0.3 is 0 Å². The molecule has 6 nitrogen and oxygen atoms in total. The molecule has 0 saturated carbocycles. The number of amides is 1. The van der Waals surface area contributed by atoms with Crippen LogP contribution in [0, 0.1) is 13.8 Å². The monoisotopic (exact) mass is 355 g/mol. The van der Waals surface area contributed by atoms with Crippen molar-refractivity contribution in [2.24, 2.45) is 0 Å². The van der Waals surface area contributed by atoms with Crippen molar-refractivity contribution in [2.45, 2.75) is 45.6 Å². The highest BCUT2D eigenvalue weighted by molar-refractivity contribution is 5.97. The summed E-state index contributed by atoms with van der Waals surface area (Å²) in [4.78, 5) is 19.6. The molecular weight excluding hydrogens is 330 g/mol. The van der Waals surface area contributed by atoms with Gasteiger partial charge in [-0.1, -0.05) is 0 Å². The summed E-state index contributed by atoms with van der Waals surface area (Å²) < 4.78 is 11.8. The molecule has 26 heavy (non-hydrogen) atoms. The zero-order valence-electron chi connectivity index (χ0n) is 15.4. The number of carbonyl (C=O) groups is 1. The number of nitrogen functional groups attached to an aromatic ring is 1. The van der Waals surface area contributed by atoms with Crippen LogP contribution in [0.2, 0.25) is 0 Å². The van der Waals surface area contributed by atoms with Gasteiger partial charge in [-0.15, -0.1) is 0 Å². The largest absolute Gasteiger partial charge is 0.465 e. The lowest BCUT2D eigenvalue weighted by atomic mass is 9.94. The van der Waals surface area contributed by atoms with Gasteiger partial charge in [0.05, 0.1) is 24.4 Å². The first-order valence-electron chi connectivity index (χ1n) is 9.29. The van der Waals surface area contributed by atoms with E-state index in [1.807, 2.05) is 30.9 Å². The minimum atomic E-state index is -0.252. The zero-order valence-corrected chi connectivity index (χ0v) is 15.4. The fourth-order valence-corrected chi connectivity index (χ4v) is 4.04. The van der Waals surface area contributed by atoms with Gasteiger partial charge in [-0.3, -0.25) is 9.78 Å². The van der Waals surface area contributed by atoms with Gasteiger partial charge in [-0.05, 0) is 45.2 Å².